The molecule has 1 aromatic rings. The Morgan fingerprint density at radius 2 is 1.95 bits per heavy atom. The van der Waals surface area contributed by atoms with E-state index >= 15 is 0 Å². The van der Waals surface area contributed by atoms with Gasteiger partial charge in [-0.25, -0.2) is 0 Å². The number of allylic oxidation sites excluding steroid dienone is 1. The van der Waals surface area contributed by atoms with E-state index in [1.54, 1.807) is 0 Å². The molecular weight excluding hydrogens is 246 g/mol. The van der Waals surface area contributed by atoms with E-state index in [2.05, 4.69) is 13.8 Å². The van der Waals surface area contributed by atoms with Gasteiger partial charge in [0.15, 0.2) is 0 Å². The maximum Gasteiger partial charge on any atom is 0.0802 e. The van der Waals surface area contributed by atoms with Gasteiger partial charge >= 0.3 is 0 Å². The highest BCUT2D eigenvalue weighted by molar-refractivity contribution is 5.50. The van der Waals surface area contributed by atoms with Gasteiger partial charge in [0.25, 0.3) is 0 Å². The molecule has 1 atom stereocenters. The molecule has 0 heterocycles. The molecule has 2 nitrogen and oxygen atoms in total. The summed E-state index contributed by atoms with van der Waals surface area (Å²) < 4.78 is 16.7. The van der Waals surface area contributed by atoms with Crippen LogP contribution in [-0.4, -0.2) is 11.7 Å². The fourth-order valence-electron chi connectivity index (χ4n) is 2.32. The molecule has 1 aromatic carbocycles. The van der Waals surface area contributed by atoms with Crippen LogP contribution in [0.3, 0.4) is 0 Å². The van der Waals surface area contributed by atoms with Crippen molar-refractivity contribution in [1.29, 1.82) is 0 Å². The number of hydrogen-bond donors (Lipinski definition) is 2. The second-order valence-corrected chi connectivity index (χ2v) is 5.26. The highest BCUT2D eigenvalue weighted by atomic mass is 16.3. The molecule has 0 bridgehead atoms. The number of rotatable bonds is 9. The van der Waals surface area contributed by atoms with E-state index in [1.165, 1.54) is 0 Å². The Labute approximate surface area is 126 Å². The summed E-state index contributed by atoms with van der Waals surface area (Å²) >= 11 is 0. The van der Waals surface area contributed by atoms with Crippen LogP contribution in [0.25, 0.3) is 6.05 Å². The van der Waals surface area contributed by atoms with E-state index < -0.39 is 6.10 Å². The maximum absolute atomic E-state index is 10.0. The van der Waals surface area contributed by atoms with Crippen molar-refractivity contribution in [3.8, 4) is 0 Å². The first kappa shape index (κ1) is 13.8. The molecule has 0 fully saturated rings. The van der Waals surface area contributed by atoms with Crippen molar-refractivity contribution in [2.24, 2.45) is 11.7 Å². The Kier molecular flexibility index (Phi) is 6.74. The second kappa shape index (κ2) is 9.73. The van der Waals surface area contributed by atoms with Gasteiger partial charge in [-0.05, 0) is 48.9 Å². The summed E-state index contributed by atoms with van der Waals surface area (Å²) in [6.07, 6.45) is 3.84. The molecule has 0 saturated heterocycles. The molecule has 0 aliphatic rings. The summed E-state index contributed by atoms with van der Waals surface area (Å²) in [5.74, 6) is 0.153. The van der Waals surface area contributed by atoms with E-state index in [0.29, 0.717) is 24.6 Å². The van der Waals surface area contributed by atoms with Crippen LogP contribution in [-0.2, 0) is 0 Å². The molecule has 20 heavy (non-hydrogen) atoms. The lowest BCUT2D eigenvalue weighted by Crippen LogP contribution is -2.06. The Morgan fingerprint density at radius 1 is 1.25 bits per heavy atom. The topological polar surface area (TPSA) is 46.2 Å². The van der Waals surface area contributed by atoms with Crippen molar-refractivity contribution >= 4 is 6.05 Å². The lowest BCUT2D eigenvalue weighted by molar-refractivity contribution is 0.170. The Balaban J connectivity index is 3.06. The van der Waals surface area contributed by atoms with Gasteiger partial charge in [0.2, 0.25) is 0 Å². The summed E-state index contributed by atoms with van der Waals surface area (Å²) in [6, 6.07) is 8.01. The molecule has 0 aliphatic heterocycles. The zero-order valence-corrected chi connectivity index (χ0v) is 12.7. The standard InChI is InChI=1S/C18H29NO/c1-3-6-15(7-4-2)10-11-16-8-5-9-17(14-16)18(20)12-13-19/h5,8-11,14-15,18,20H,3-4,6-7,12-13,19H2,1-2H3/b11-10+/i10D,11D. The van der Waals surface area contributed by atoms with E-state index in [1.807, 2.05) is 24.3 Å². The molecule has 0 spiro atoms. The van der Waals surface area contributed by atoms with Crippen molar-refractivity contribution < 1.29 is 7.85 Å². The minimum absolute atomic E-state index is 0.153. The normalized spacial score (nSPS) is 15.7. The van der Waals surface area contributed by atoms with Crippen LogP contribution in [0.15, 0.2) is 30.3 Å². The minimum atomic E-state index is -0.603. The first-order chi connectivity index (χ1) is 10.5. The first-order valence-electron chi connectivity index (χ1n) is 8.70. The third-order valence-corrected chi connectivity index (χ3v) is 3.41. The monoisotopic (exact) mass is 277 g/mol. The minimum Gasteiger partial charge on any atom is -0.388 e. The van der Waals surface area contributed by atoms with Crippen LogP contribution in [0.4, 0.5) is 0 Å². The predicted octanol–water partition coefficient (Wildman–Crippen LogP) is 4.30. The molecule has 0 amide bonds. The summed E-state index contributed by atoms with van der Waals surface area (Å²) in [7, 11) is 0. The van der Waals surface area contributed by atoms with E-state index in [9.17, 15) is 5.11 Å². The summed E-state index contributed by atoms with van der Waals surface area (Å²) in [4.78, 5) is 0. The van der Waals surface area contributed by atoms with Gasteiger partial charge in [0.05, 0.1) is 8.85 Å². The first-order valence-corrected chi connectivity index (χ1v) is 7.70. The molecule has 0 radical (unpaired) electrons. The molecule has 3 N–H and O–H groups in total. The third kappa shape index (κ3) is 5.89. The molecule has 0 aliphatic carbocycles. The maximum atomic E-state index is 10.0. The van der Waals surface area contributed by atoms with Crippen LogP contribution in [0.5, 0.6) is 0 Å². The van der Waals surface area contributed by atoms with Gasteiger partial charge < -0.3 is 10.8 Å². The number of benzene rings is 1. The second-order valence-electron chi connectivity index (χ2n) is 5.26. The number of hydrogen-bond acceptors (Lipinski definition) is 2. The summed E-state index contributed by atoms with van der Waals surface area (Å²) in [5, 5.41) is 10.0. The van der Waals surface area contributed by atoms with Gasteiger partial charge in [-0.3, -0.25) is 0 Å². The fraction of sp³-hybridized carbons (Fsp3) is 0.556. The number of aliphatic hydroxyl groups excluding tert-OH is 1. The van der Waals surface area contributed by atoms with Gasteiger partial charge in [-0.15, -0.1) is 0 Å². The van der Waals surface area contributed by atoms with Crippen LogP contribution in [0.1, 0.15) is 65.9 Å². The average Bonchev–Trinajstić information content (AvgIpc) is 2.53. The molecule has 0 saturated carbocycles. The van der Waals surface area contributed by atoms with Crippen molar-refractivity contribution in [2.75, 3.05) is 6.54 Å². The van der Waals surface area contributed by atoms with E-state index in [-0.39, 0.29) is 12.0 Å². The molecule has 112 valence electrons. The fourth-order valence-corrected chi connectivity index (χ4v) is 2.32. The lowest BCUT2D eigenvalue weighted by atomic mass is 9.96. The summed E-state index contributed by atoms with van der Waals surface area (Å²) in [6.45, 7) is 4.65. The largest absolute Gasteiger partial charge is 0.388 e. The Morgan fingerprint density at radius 3 is 2.55 bits per heavy atom. The van der Waals surface area contributed by atoms with Crippen LogP contribution in [0.2, 0.25) is 0 Å². The van der Waals surface area contributed by atoms with E-state index in [0.717, 1.165) is 31.2 Å². The predicted molar refractivity (Wildman–Crippen MR) is 87.4 cm³/mol. The highest BCUT2D eigenvalue weighted by Crippen LogP contribution is 2.20. The van der Waals surface area contributed by atoms with Crippen LogP contribution in [0, 0.1) is 5.92 Å². The smallest absolute Gasteiger partial charge is 0.0802 e. The Hall–Kier alpha value is -1.12. The van der Waals surface area contributed by atoms with Gasteiger partial charge in [-0.2, -0.15) is 0 Å². The molecular formula is C18H29NO. The molecule has 0 aromatic heterocycles. The number of aliphatic hydroxyl groups is 1. The zero-order valence-electron chi connectivity index (χ0n) is 14.7. The SMILES string of the molecule is [2H]/C(=C(/[2H])C(CCC)CCC)c1cccc(C(O)CCN)c1. The van der Waals surface area contributed by atoms with Crippen molar-refractivity contribution in [3.63, 3.8) is 0 Å². The van der Waals surface area contributed by atoms with Gasteiger partial charge in [0.1, 0.15) is 0 Å². The molecule has 1 rings (SSSR count). The number of nitrogens with two attached hydrogens (primary N) is 1. The highest BCUT2D eigenvalue weighted by Gasteiger charge is 2.06. The third-order valence-electron chi connectivity index (χ3n) is 3.41. The molecule has 2 heteroatoms. The summed E-state index contributed by atoms with van der Waals surface area (Å²) in [5.41, 5.74) is 6.95. The quantitative estimate of drug-likeness (QED) is 0.707. The van der Waals surface area contributed by atoms with E-state index in [4.69, 9.17) is 8.48 Å². The zero-order chi connectivity index (χ0) is 16.5. The molecule has 1 unspecified atom stereocenters. The van der Waals surface area contributed by atoms with Crippen molar-refractivity contribution in [2.45, 2.75) is 52.1 Å². The van der Waals surface area contributed by atoms with Crippen LogP contribution >= 0.6 is 0 Å². The van der Waals surface area contributed by atoms with Crippen molar-refractivity contribution in [3.05, 3.63) is 41.4 Å². The Bertz CT molecular complexity index is 482. The van der Waals surface area contributed by atoms with Gasteiger partial charge in [0, 0.05) is 0 Å². The van der Waals surface area contributed by atoms with Crippen LogP contribution < -0.4 is 5.73 Å². The average molecular weight is 277 g/mol. The lowest BCUT2D eigenvalue weighted by Gasteiger charge is -2.11. The van der Waals surface area contributed by atoms with Crippen molar-refractivity contribution in [1.82, 2.24) is 0 Å². The van der Waals surface area contributed by atoms with Gasteiger partial charge in [-0.1, -0.05) is 57.0 Å².